The van der Waals surface area contributed by atoms with E-state index >= 15 is 0 Å². The van der Waals surface area contributed by atoms with Crippen molar-refractivity contribution in [3.63, 3.8) is 0 Å². The molecule has 0 unspecified atom stereocenters. The van der Waals surface area contributed by atoms with Crippen LogP contribution in [0.25, 0.3) is 0 Å². The summed E-state index contributed by atoms with van der Waals surface area (Å²) in [5.74, 6) is 2.22. The molecule has 17 heavy (non-hydrogen) atoms. The zero-order valence-corrected chi connectivity index (χ0v) is 12.9. The maximum absolute atomic E-state index is 3.58. The molecule has 2 heteroatoms. The van der Waals surface area contributed by atoms with Gasteiger partial charge in [-0.1, -0.05) is 61.8 Å². The van der Waals surface area contributed by atoms with Crippen molar-refractivity contribution in [1.29, 1.82) is 0 Å². The Morgan fingerprint density at radius 1 is 1.06 bits per heavy atom. The van der Waals surface area contributed by atoms with Crippen LogP contribution >= 0.6 is 15.9 Å². The topological polar surface area (TPSA) is 12.0 Å². The molecule has 1 rings (SSSR count). The number of benzene rings is 1. The molecule has 0 aliphatic carbocycles. The monoisotopic (exact) mass is 297 g/mol. The van der Waals surface area contributed by atoms with E-state index in [1.807, 2.05) is 0 Å². The number of rotatable bonds is 6. The fourth-order valence-electron chi connectivity index (χ4n) is 2.26. The first-order valence-electron chi connectivity index (χ1n) is 6.46. The first-order valence-corrected chi connectivity index (χ1v) is 7.25. The number of halogens is 1. The predicted octanol–water partition coefficient (Wildman–Crippen LogP) is 4.47. The Balaban J connectivity index is 2.44. The van der Waals surface area contributed by atoms with Crippen LogP contribution in [0.2, 0.25) is 0 Å². The molecule has 1 N–H and O–H groups in total. The van der Waals surface area contributed by atoms with Gasteiger partial charge in [-0.15, -0.1) is 0 Å². The van der Waals surface area contributed by atoms with Gasteiger partial charge in [0.05, 0.1) is 0 Å². The Bertz CT molecular complexity index is 325. The summed E-state index contributed by atoms with van der Waals surface area (Å²) in [5.41, 5.74) is 1.33. The Labute approximate surface area is 114 Å². The third-order valence-electron chi connectivity index (χ3n) is 3.37. The van der Waals surface area contributed by atoms with Crippen molar-refractivity contribution in [2.75, 3.05) is 6.54 Å². The average Bonchev–Trinajstić information content (AvgIpc) is 2.25. The molecule has 0 spiro atoms. The Hall–Kier alpha value is -0.340. The fraction of sp³-hybridized carbons (Fsp3) is 0.600. The summed E-state index contributed by atoms with van der Waals surface area (Å²) in [5, 5.41) is 3.58. The van der Waals surface area contributed by atoms with Crippen molar-refractivity contribution in [2.24, 2.45) is 17.8 Å². The van der Waals surface area contributed by atoms with E-state index in [4.69, 9.17) is 0 Å². The smallest absolute Gasteiger partial charge is 0.0220 e. The maximum Gasteiger partial charge on any atom is 0.0220 e. The van der Waals surface area contributed by atoms with Crippen LogP contribution in [0.1, 0.15) is 33.3 Å². The molecular formula is C15H24BrN. The average molecular weight is 298 g/mol. The lowest BCUT2D eigenvalue weighted by molar-refractivity contribution is 0.275. The van der Waals surface area contributed by atoms with E-state index in [1.165, 1.54) is 10.0 Å². The molecule has 0 bridgehead atoms. The van der Waals surface area contributed by atoms with Gasteiger partial charge >= 0.3 is 0 Å². The molecule has 1 nitrogen and oxygen atoms in total. The molecule has 0 atom stereocenters. The van der Waals surface area contributed by atoms with E-state index in [0.717, 1.165) is 30.8 Å². The lowest BCUT2D eigenvalue weighted by Crippen LogP contribution is -2.29. The van der Waals surface area contributed by atoms with Crippen LogP contribution in [0.3, 0.4) is 0 Å². The van der Waals surface area contributed by atoms with Gasteiger partial charge in [-0.05, 0) is 35.9 Å². The highest BCUT2D eigenvalue weighted by Gasteiger charge is 2.16. The third-order valence-corrected chi connectivity index (χ3v) is 4.14. The van der Waals surface area contributed by atoms with Gasteiger partial charge in [-0.2, -0.15) is 0 Å². The van der Waals surface area contributed by atoms with E-state index in [2.05, 4.69) is 73.2 Å². The summed E-state index contributed by atoms with van der Waals surface area (Å²) in [6.07, 6.45) is 0. The molecule has 0 saturated carbocycles. The minimum absolute atomic E-state index is 0.738. The maximum atomic E-state index is 3.58. The summed E-state index contributed by atoms with van der Waals surface area (Å²) in [6, 6.07) is 8.40. The quantitative estimate of drug-likeness (QED) is 0.817. The number of hydrogen-bond donors (Lipinski definition) is 1. The van der Waals surface area contributed by atoms with E-state index in [1.54, 1.807) is 0 Å². The van der Waals surface area contributed by atoms with Crippen molar-refractivity contribution in [1.82, 2.24) is 5.32 Å². The van der Waals surface area contributed by atoms with Gasteiger partial charge in [0.1, 0.15) is 0 Å². The Morgan fingerprint density at radius 3 is 2.18 bits per heavy atom. The van der Waals surface area contributed by atoms with Crippen molar-refractivity contribution in [3.05, 3.63) is 34.3 Å². The summed E-state index contributed by atoms with van der Waals surface area (Å²) >= 11 is 3.58. The van der Waals surface area contributed by atoms with E-state index < -0.39 is 0 Å². The zero-order chi connectivity index (χ0) is 12.8. The molecule has 0 aliphatic heterocycles. The standard InChI is InChI=1S/C15H24BrN/c1-11(2)14(12(3)4)10-17-9-13-7-5-6-8-15(13)16/h5-8,11-12,14,17H,9-10H2,1-4H3. The van der Waals surface area contributed by atoms with Crippen molar-refractivity contribution in [3.8, 4) is 0 Å². The van der Waals surface area contributed by atoms with Crippen molar-refractivity contribution in [2.45, 2.75) is 34.2 Å². The first kappa shape index (κ1) is 14.7. The molecule has 1 aromatic rings. The van der Waals surface area contributed by atoms with Gasteiger partial charge in [0.2, 0.25) is 0 Å². The SMILES string of the molecule is CC(C)C(CNCc1ccccc1Br)C(C)C. The molecule has 0 aromatic heterocycles. The van der Waals surface area contributed by atoms with Crippen molar-refractivity contribution < 1.29 is 0 Å². The van der Waals surface area contributed by atoms with E-state index in [-0.39, 0.29) is 0 Å². The van der Waals surface area contributed by atoms with Gasteiger partial charge in [0, 0.05) is 11.0 Å². The molecule has 1 aromatic carbocycles. The molecule has 0 saturated heterocycles. The number of hydrogen-bond acceptors (Lipinski definition) is 1. The minimum atomic E-state index is 0.738. The van der Waals surface area contributed by atoms with Crippen LogP contribution in [0.4, 0.5) is 0 Å². The van der Waals surface area contributed by atoms with Gasteiger partial charge in [0.25, 0.3) is 0 Å². The Morgan fingerprint density at radius 2 is 1.65 bits per heavy atom. The second kappa shape index (κ2) is 7.17. The normalized spacial score (nSPS) is 11.8. The van der Waals surface area contributed by atoms with Crippen LogP contribution in [0.15, 0.2) is 28.7 Å². The molecular weight excluding hydrogens is 274 g/mol. The second-order valence-corrected chi connectivity index (χ2v) is 6.23. The number of nitrogens with one attached hydrogen (secondary N) is 1. The summed E-state index contributed by atoms with van der Waals surface area (Å²) in [4.78, 5) is 0. The minimum Gasteiger partial charge on any atom is -0.312 e. The molecule has 0 amide bonds. The van der Waals surface area contributed by atoms with E-state index in [9.17, 15) is 0 Å². The Kier molecular flexibility index (Phi) is 6.21. The van der Waals surface area contributed by atoms with Crippen LogP contribution in [0.5, 0.6) is 0 Å². The van der Waals surface area contributed by atoms with Crippen LogP contribution < -0.4 is 5.32 Å². The molecule has 96 valence electrons. The highest BCUT2D eigenvalue weighted by Crippen LogP contribution is 2.20. The lowest BCUT2D eigenvalue weighted by Gasteiger charge is -2.25. The van der Waals surface area contributed by atoms with Crippen molar-refractivity contribution >= 4 is 15.9 Å². The summed E-state index contributed by atoms with van der Waals surface area (Å²) < 4.78 is 1.19. The molecule has 0 fully saturated rings. The fourth-order valence-corrected chi connectivity index (χ4v) is 2.68. The third kappa shape index (κ3) is 4.81. The molecule has 0 heterocycles. The van der Waals surface area contributed by atoms with Crippen LogP contribution in [0, 0.1) is 17.8 Å². The second-order valence-electron chi connectivity index (χ2n) is 5.37. The molecule has 0 radical (unpaired) electrons. The highest BCUT2D eigenvalue weighted by molar-refractivity contribution is 9.10. The van der Waals surface area contributed by atoms with Crippen LogP contribution in [-0.2, 0) is 6.54 Å². The van der Waals surface area contributed by atoms with Crippen LogP contribution in [-0.4, -0.2) is 6.54 Å². The zero-order valence-electron chi connectivity index (χ0n) is 11.3. The van der Waals surface area contributed by atoms with E-state index in [0.29, 0.717) is 0 Å². The first-order chi connectivity index (χ1) is 8.02. The molecule has 0 aliphatic rings. The lowest BCUT2D eigenvalue weighted by atomic mass is 9.85. The summed E-state index contributed by atoms with van der Waals surface area (Å²) in [7, 11) is 0. The predicted molar refractivity (Wildman–Crippen MR) is 79.0 cm³/mol. The summed E-state index contributed by atoms with van der Waals surface area (Å²) in [6.45, 7) is 11.3. The largest absolute Gasteiger partial charge is 0.312 e. The van der Waals surface area contributed by atoms with Gasteiger partial charge in [-0.3, -0.25) is 0 Å². The van der Waals surface area contributed by atoms with Gasteiger partial charge < -0.3 is 5.32 Å². The van der Waals surface area contributed by atoms with Gasteiger partial charge in [-0.25, -0.2) is 0 Å². The highest BCUT2D eigenvalue weighted by atomic mass is 79.9. The van der Waals surface area contributed by atoms with Gasteiger partial charge in [0.15, 0.2) is 0 Å².